The van der Waals surface area contributed by atoms with E-state index in [2.05, 4.69) is 0 Å². The van der Waals surface area contributed by atoms with E-state index < -0.39 is 5.79 Å². The molecule has 0 radical (unpaired) electrons. The van der Waals surface area contributed by atoms with Gasteiger partial charge in [0.1, 0.15) is 12.7 Å². The van der Waals surface area contributed by atoms with Crippen molar-refractivity contribution in [3.63, 3.8) is 0 Å². The number of hydrogen-bond donors (Lipinski definition) is 0. The SMILES string of the molecule is CC1(C)O[C@H]2CCC(=O)OC[C@H]2O1. The first kappa shape index (κ1) is 8.97. The van der Waals surface area contributed by atoms with Crippen LogP contribution in [0.1, 0.15) is 26.7 Å². The van der Waals surface area contributed by atoms with E-state index in [0.29, 0.717) is 19.4 Å². The lowest BCUT2D eigenvalue weighted by molar-refractivity contribution is -0.163. The normalized spacial score (nSPS) is 37.8. The predicted molar refractivity (Wildman–Crippen MR) is 44.0 cm³/mol. The molecule has 0 aromatic rings. The predicted octanol–water partition coefficient (Wildman–Crippen LogP) is 0.843. The summed E-state index contributed by atoms with van der Waals surface area (Å²) in [4.78, 5) is 10.9. The third-order valence-corrected chi connectivity index (χ3v) is 2.33. The molecule has 2 heterocycles. The van der Waals surface area contributed by atoms with E-state index in [0.717, 1.165) is 0 Å². The summed E-state index contributed by atoms with van der Waals surface area (Å²) in [6, 6.07) is 0. The Kier molecular flexibility index (Phi) is 2.04. The summed E-state index contributed by atoms with van der Waals surface area (Å²) in [5, 5.41) is 0. The molecular formula is C9H14O4. The van der Waals surface area contributed by atoms with Gasteiger partial charge in [0.25, 0.3) is 0 Å². The summed E-state index contributed by atoms with van der Waals surface area (Å²) in [5.74, 6) is -0.682. The van der Waals surface area contributed by atoms with Crippen LogP contribution in [0.3, 0.4) is 0 Å². The summed E-state index contributed by atoms with van der Waals surface area (Å²) in [5.41, 5.74) is 0. The fourth-order valence-electron chi connectivity index (χ4n) is 1.80. The number of fused-ring (bicyclic) bond motifs is 1. The largest absolute Gasteiger partial charge is 0.463 e. The minimum Gasteiger partial charge on any atom is -0.463 e. The third-order valence-electron chi connectivity index (χ3n) is 2.33. The van der Waals surface area contributed by atoms with E-state index in [1.807, 2.05) is 13.8 Å². The van der Waals surface area contributed by atoms with Gasteiger partial charge < -0.3 is 14.2 Å². The van der Waals surface area contributed by atoms with E-state index in [4.69, 9.17) is 14.2 Å². The Morgan fingerprint density at radius 2 is 2.00 bits per heavy atom. The Hall–Kier alpha value is -0.610. The minimum absolute atomic E-state index is 0.0152. The van der Waals surface area contributed by atoms with Crippen LogP contribution in [-0.4, -0.2) is 30.6 Å². The van der Waals surface area contributed by atoms with E-state index in [-0.39, 0.29) is 18.2 Å². The van der Waals surface area contributed by atoms with Gasteiger partial charge in [0, 0.05) is 6.42 Å². The second kappa shape index (κ2) is 2.96. The lowest BCUT2D eigenvalue weighted by Crippen LogP contribution is -2.25. The molecule has 4 nitrogen and oxygen atoms in total. The Morgan fingerprint density at radius 1 is 1.31 bits per heavy atom. The van der Waals surface area contributed by atoms with Gasteiger partial charge in [-0.3, -0.25) is 4.79 Å². The topological polar surface area (TPSA) is 44.8 Å². The molecule has 2 rings (SSSR count). The summed E-state index contributed by atoms with van der Waals surface area (Å²) in [6.45, 7) is 4.08. The number of carbonyl (C=O) groups is 1. The van der Waals surface area contributed by atoms with Gasteiger partial charge in [0.15, 0.2) is 5.79 Å². The molecule has 0 N–H and O–H groups in total. The maximum absolute atomic E-state index is 10.9. The molecule has 0 aromatic heterocycles. The summed E-state index contributed by atoms with van der Waals surface area (Å²) in [7, 11) is 0. The zero-order valence-corrected chi connectivity index (χ0v) is 7.91. The molecule has 0 spiro atoms. The van der Waals surface area contributed by atoms with E-state index in [1.54, 1.807) is 0 Å². The molecule has 2 aliphatic rings. The highest BCUT2D eigenvalue weighted by atomic mass is 16.8. The van der Waals surface area contributed by atoms with Crippen molar-refractivity contribution in [2.45, 2.75) is 44.7 Å². The van der Waals surface area contributed by atoms with Crippen LogP contribution in [0.5, 0.6) is 0 Å². The molecule has 74 valence electrons. The maximum Gasteiger partial charge on any atom is 0.305 e. The van der Waals surface area contributed by atoms with Crippen LogP contribution in [0.4, 0.5) is 0 Å². The highest BCUT2D eigenvalue weighted by Gasteiger charge is 2.43. The molecule has 0 aliphatic carbocycles. The fourth-order valence-corrected chi connectivity index (χ4v) is 1.80. The van der Waals surface area contributed by atoms with Crippen molar-refractivity contribution in [1.82, 2.24) is 0 Å². The number of carbonyl (C=O) groups excluding carboxylic acids is 1. The molecular weight excluding hydrogens is 172 g/mol. The smallest absolute Gasteiger partial charge is 0.305 e. The molecule has 0 unspecified atom stereocenters. The minimum atomic E-state index is -0.529. The van der Waals surface area contributed by atoms with E-state index >= 15 is 0 Å². The third kappa shape index (κ3) is 1.84. The van der Waals surface area contributed by atoms with Crippen LogP contribution in [0.15, 0.2) is 0 Å². The molecule has 2 saturated heterocycles. The average molecular weight is 186 g/mol. The van der Waals surface area contributed by atoms with Gasteiger partial charge in [-0.25, -0.2) is 0 Å². The monoisotopic (exact) mass is 186 g/mol. The Morgan fingerprint density at radius 3 is 2.77 bits per heavy atom. The average Bonchev–Trinajstić information content (AvgIpc) is 2.23. The van der Waals surface area contributed by atoms with Gasteiger partial charge in [-0.1, -0.05) is 0 Å². The summed E-state index contributed by atoms with van der Waals surface area (Å²) < 4.78 is 16.2. The quantitative estimate of drug-likeness (QED) is 0.526. The van der Waals surface area contributed by atoms with Crippen molar-refractivity contribution in [1.29, 1.82) is 0 Å². The first-order valence-electron chi connectivity index (χ1n) is 4.58. The molecule has 0 aromatic carbocycles. The maximum atomic E-state index is 10.9. The van der Waals surface area contributed by atoms with Gasteiger partial charge in [0.2, 0.25) is 0 Å². The highest BCUT2D eigenvalue weighted by molar-refractivity contribution is 5.69. The number of esters is 1. The lowest BCUT2D eigenvalue weighted by atomic mass is 10.1. The van der Waals surface area contributed by atoms with Crippen LogP contribution >= 0.6 is 0 Å². The fraction of sp³-hybridized carbons (Fsp3) is 0.889. The molecule has 2 aliphatic heterocycles. The second-order valence-electron chi connectivity index (χ2n) is 3.93. The summed E-state index contributed by atoms with van der Waals surface area (Å²) in [6.07, 6.45) is 1.07. The van der Waals surface area contributed by atoms with Crippen molar-refractivity contribution >= 4 is 5.97 Å². The summed E-state index contributed by atoms with van der Waals surface area (Å²) >= 11 is 0. The van der Waals surface area contributed by atoms with Gasteiger partial charge in [0.05, 0.1) is 6.10 Å². The van der Waals surface area contributed by atoms with Crippen molar-refractivity contribution < 1.29 is 19.0 Å². The standard InChI is InChI=1S/C9H14O4/c1-9(2)12-6-3-4-8(10)11-5-7(6)13-9/h6-7H,3-5H2,1-2H3/t6-,7+/m0/s1. The molecule has 2 atom stereocenters. The lowest BCUT2D eigenvalue weighted by Gasteiger charge is -2.17. The number of rotatable bonds is 0. The zero-order valence-electron chi connectivity index (χ0n) is 7.91. The van der Waals surface area contributed by atoms with Crippen molar-refractivity contribution in [3.05, 3.63) is 0 Å². The highest BCUT2D eigenvalue weighted by Crippen LogP contribution is 2.32. The van der Waals surface area contributed by atoms with Gasteiger partial charge in [-0.15, -0.1) is 0 Å². The van der Waals surface area contributed by atoms with E-state index in [9.17, 15) is 4.79 Å². The first-order valence-corrected chi connectivity index (χ1v) is 4.58. The molecule has 4 heteroatoms. The van der Waals surface area contributed by atoms with Crippen LogP contribution in [0, 0.1) is 0 Å². The Bertz CT molecular complexity index is 204. The van der Waals surface area contributed by atoms with Gasteiger partial charge in [-0.05, 0) is 20.3 Å². The van der Waals surface area contributed by atoms with Crippen LogP contribution in [0.25, 0.3) is 0 Å². The van der Waals surface area contributed by atoms with Crippen molar-refractivity contribution in [2.24, 2.45) is 0 Å². The molecule has 0 saturated carbocycles. The van der Waals surface area contributed by atoms with E-state index in [1.165, 1.54) is 0 Å². The van der Waals surface area contributed by atoms with Crippen molar-refractivity contribution in [2.75, 3.05) is 6.61 Å². The van der Waals surface area contributed by atoms with Crippen LogP contribution in [0.2, 0.25) is 0 Å². The van der Waals surface area contributed by atoms with Gasteiger partial charge in [-0.2, -0.15) is 0 Å². The Balaban J connectivity index is 2.04. The molecule has 0 amide bonds. The Labute approximate surface area is 77.1 Å². The second-order valence-corrected chi connectivity index (χ2v) is 3.93. The number of hydrogen-bond acceptors (Lipinski definition) is 4. The molecule has 2 fully saturated rings. The van der Waals surface area contributed by atoms with Crippen LogP contribution in [-0.2, 0) is 19.0 Å². The molecule has 0 bridgehead atoms. The number of cyclic esters (lactones) is 1. The van der Waals surface area contributed by atoms with Crippen LogP contribution < -0.4 is 0 Å². The molecule has 13 heavy (non-hydrogen) atoms. The zero-order chi connectivity index (χ0) is 9.47. The number of ether oxygens (including phenoxy) is 3. The van der Waals surface area contributed by atoms with Crippen molar-refractivity contribution in [3.8, 4) is 0 Å². The van der Waals surface area contributed by atoms with Gasteiger partial charge >= 0.3 is 5.97 Å². The first-order chi connectivity index (χ1) is 6.07.